The molecule has 0 radical (unpaired) electrons. The fraction of sp³-hybridized carbons (Fsp3) is 0.462. The second-order valence-electron chi connectivity index (χ2n) is 4.53. The number of sulfonamides is 1. The lowest BCUT2D eigenvalue weighted by Gasteiger charge is -2.25. The molecule has 1 aliphatic heterocycles. The van der Waals surface area contributed by atoms with Crippen LogP contribution in [0.15, 0.2) is 24.3 Å². The molecule has 0 bridgehead atoms. The van der Waals surface area contributed by atoms with Crippen molar-refractivity contribution in [3.63, 3.8) is 0 Å². The molecule has 2 rings (SSSR count). The van der Waals surface area contributed by atoms with Crippen molar-refractivity contribution in [1.29, 1.82) is 0 Å². The lowest BCUT2D eigenvalue weighted by molar-refractivity contribution is -0.132. The Hall–Kier alpha value is -1.47. The van der Waals surface area contributed by atoms with Crippen molar-refractivity contribution in [1.82, 2.24) is 4.72 Å². The second-order valence-corrected chi connectivity index (χ2v) is 6.37. The van der Waals surface area contributed by atoms with E-state index in [0.717, 1.165) is 5.56 Å². The quantitative estimate of drug-likeness (QED) is 0.884. The Bertz CT molecular complexity index is 588. The first-order chi connectivity index (χ1) is 9.53. The van der Waals surface area contributed by atoms with Crippen LogP contribution in [-0.2, 0) is 26.0 Å². The number of fused-ring (bicyclic) bond motifs is 1. The fourth-order valence-corrected chi connectivity index (χ4v) is 3.12. The number of amides is 1. The van der Waals surface area contributed by atoms with E-state index in [1.807, 2.05) is 16.9 Å². The maximum atomic E-state index is 12.0. The van der Waals surface area contributed by atoms with Crippen molar-refractivity contribution in [2.75, 3.05) is 19.0 Å². The second kappa shape index (κ2) is 6.32. The molecular weight excluding hydrogens is 285 g/mol. The highest BCUT2D eigenvalue weighted by Crippen LogP contribution is 2.27. The molecule has 1 aromatic rings. The van der Waals surface area contributed by atoms with Crippen LogP contribution in [0.2, 0.25) is 0 Å². The minimum Gasteiger partial charge on any atom is -0.363 e. The van der Waals surface area contributed by atoms with E-state index in [9.17, 15) is 17.6 Å². The van der Waals surface area contributed by atoms with Gasteiger partial charge in [-0.05, 0) is 24.0 Å². The standard InChI is InChI=1S/C13H16FNO4S/c14-7-3-9-20(17,18)15-13(16)12-11-5-2-1-4-10(11)6-8-19-12/h1-2,4-5,12H,3,6-9H2,(H,15,16)/t12-/m1/s1. The summed E-state index contributed by atoms with van der Waals surface area (Å²) in [6, 6.07) is 7.26. The Labute approximate surface area is 117 Å². The summed E-state index contributed by atoms with van der Waals surface area (Å²) in [5, 5.41) is 0. The molecule has 110 valence electrons. The van der Waals surface area contributed by atoms with E-state index in [2.05, 4.69) is 0 Å². The van der Waals surface area contributed by atoms with Gasteiger partial charge in [0, 0.05) is 0 Å². The van der Waals surface area contributed by atoms with Gasteiger partial charge in [-0.15, -0.1) is 0 Å². The van der Waals surface area contributed by atoms with Gasteiger partial charge in [0.25, 0.3) is 5.91 Å². The van der Waals surface area contributed by atoms with Crippen molar-refractivity contribution < 1.29 is 22.3 Å². The number of halogens is 1. The summed E-state index contributed by atoms with van der Waals surface area (Å²) >= 11 is 0. The number of rotatable bonds is 5. The van der Waals surface area contributed by atoms with Crippen molar-refractivity contribution in [2.45, 2.75) is 18.9 Å². The average Bonchev–Trinajstić information content (AvgIpc) is 2.44. The number of ether oxygens (including phenoxy) is 1. The third-order valence-corrected chi connectivity index (χ3v) is 4.37. The fourth-order valence-electron chi connectivity index (χ4n) is 2.11. The molecule has 0 fully saturated rings. The number of carbonyl (C=O) groups is 1. The van der Waals surface area contributed by atoms with Gasteiger partial charge in [-0.2, -0.15) is 0 Å². The highest BCUT2D eigenvalue weighted by atomic mass is 32.2. The lowest BCUT2D eigenvalue weighted by atomic mass is 9.97. The van der Waals surface area contributed by atoms with Gasteiger partial charge in [0.15, 0.2) is 6.10 Å². The number of alkyl halides is 1. The SMILES string of the molecule is O=C(NS(=O)(=O)CCCF)[C@@H]1OCCc2ccccc21. The van der Waals surface area contributed by atoms with Crippen LogP contribution in [0.3, 0.4) is 0 Å². The largest absolute Gasteiger partial charge is 0.363 e. The van der Waals surface area contributed by atoms with Gasteiger partial charge in [-0.1, -0.05) is 24.3 Å². The normalized spacial score (nSPS) is 18.4. The summed E-state index contributed by atoms with van der Waals surface area (Å²) in [4.78, 5) is 12.0. The van der Waals surface area contributed by atoms with Crippen LogP contribution < -0.4 is 4.72 Å². The molecule has 1 aromatic carbocycles. The predicted octanol–water partition coefficient (Wildman–Crippen LogP) is 1.11. The van der Waals surface area contributed by atoms with Crippen LogP contribution in [0.25, 0.3) is 0 Å². The number of hydrogen-bond donors (Lipinski definition) is 1. The van der Waals surface area contributed by atoms with Crippen molar-refractivity contribution in [2.24, 2.45) is 0 Å². The molecule has 0 unspecified atom stereocenters. The highest BCUT2D eigenvalue weighted by molar-refractivity contribution is 7.90. The zero-order chi connectivity index (χ0) is 14.6. The Morgan fingerprint density at radius 1 is 1.40 bits per heavy atom. The molecule has 1 heterocycles. The summed E-state index contributed by atoms with van der Waals surface area (Å²) in [5.74, 6) is -1.14. The third-order valence-electron chi connectivity index (χ3n) is 3.03. The molecular formula is C13H16FNO4S. The molecule has 1 amide bonds. The highest BCUT2D eigenvalue weighted by Gasteiger charge is 2.29. The number of benzene rings is 1. The van der Waals surface area contributed by atoms with E-state index in [-0.39, 0.29) is 6.42 Å². The predicted molar refractivity (Wildman–Crippen MR) is 71.4 cm³/mol. The minimum absolute atomic E-state index is 0.134. The van der Waals surface area contributed by atoms with Crippen LogP contribution >= 0.6 is 0 Å². The summed E-state index contributed by atoms with van der Waals surface area (Å²) in [6.45, 7) is -0.377. The monoisotopic (exact) mass is 301 g/mol. The van der Waals surface area contributed by atoms with Gasteiger partial charge < -0.3 is 4.74 Å². The molecule has 7 heteroatoms. The van der Waals surface area contributed by atoms with Gasteiger partial charge in [-0.3, -0.25) is 13.9 Å². The summed E-state index contributed by atoms with van der Waals surface area (Å²) in [7, 11) is -3.81. The smallest absolute Gasteiger partial charge is 0.267 e. The van der Waals surface area contributed by atoms with Crippen LogP contribution in [0, 0.1) is 0 Å². The maximum Gasteiger partial charge on any atom is 0.267 e. The van der Waals surface area contributed by atoms with Gasteiger partial charge in [-0.25, -0.2) is 8.42 Å². The Kier molecular flexibility index (Phi) is 4.72. The van der Waals surface area contributed by atoms with E-state index in [4.69, 9.17) is 4.74 Å². The third kappa shape index (κ3) is 3.55. The van der Waals surface area contributed by atoms with Gasteiger partial charge >= 0.3 is 0 Å². The van der Waals surface area contributed by atoms with Crippen LogP contribution in [0.4, 0.5) is 4.39 Å². The molecule has 1 aliphatic rings. The first-order valence-corrected chi connectivity index (χ1v) is 7.98. The first-order valence-electron chi connectivity index (χ1n) is 6.33. The van der Waals surface area contributed by atoms with E-state index in [1.54, 1.807) is 12.1 Å². The van der Waals surface area contributed by atoms with Crippen LogP contribution in [0.5, 0.6) is 0 Å². The van der Waals surface area contributed by atoms with Crippen molar-refractivity contribution in [3.8, 4) is 0 Å². The Balaban J connectivity index is 2.11. The number of hydrogen-bond acceptors (Lipinski definition) is 4. The van der Waals surface area contributed by atoms with Gasteiger partial charge in [0.05, 0.1) is 19.0 Å². The topological polar surface area (TPSA) is 72.5 Å². The van der Waals surface area contributed by atoms with E-state index >= 15 is 0 Å². The molecule has 0 spiro atoms. The number of nitrogens with one attached hydrogen (secondary N) is 1. The summed E-state index contributed by atoms with van der Waals surface area (Å²) < 4.78 is 42.5. The van der Waals surface area contributed by atoms with Crippen LogP contribution in [-0.4, -0.2) is 33.4 Å². The summed E-state index contributed by atoms with van der Waals surface area (Å²) in [5.41, 5.74) is 1.65. The molecule has 0 saturated heterocycles. The van der Waals surface area contributed by atoms with Gasteiger partial charge in [0.1, 0.15) is 0 Å². The maximum absolute atomic E-state index is 12.0. The molecule has 0 aliphatic carbocycles. The van der Waals surface area contributed by atoms with Crippen LogP contribution in [0.1, 0.15) is 23.7 Å². The number of carbonyl (C=O) groups excluding carboxylic acids is 1. The van der Waals surface area contributed by atoms with Crippen molar-refractivity contribution in [3.05, 3.63) is 35.4 Å². The molecule has 0 aromatic heterocycles. The lowest BCUT2D eigenvalue weighted by Crippen LogP contribution is -2.38. The Morgan fingerprint density at radius 2 is 2.15 bits per heavy atom. The van der Waals surface area contributed by atoms with E-state index < -0.39 is 34.5 Å². The molecule has 5 nitrogen and oxygen atoms in total. The molecule has 1 N–H and O–H groups in total. The summed E-state index contributed by atoms with van der Waals surface area (Å²) in [6.07, 6.45) is -0.376. The van der Waals surface area contributed by atoms with Gasteiger partial charge in [0.2, 0.25) is 10.0 Å². The van der Waals surface area contributed by atoms with E-state index in [0.29, 0.717) is 18.6 Å². The van der Waals surface area contributed by atoms with Crippen molar-refractivity contribution >= 4 is 15.9 Å². The van der Waals surface area contributed by atoms with E-state index in [1.165, 1.54) is 0 Å². The molecule has 20 heavy (non-hydrogen) atoms. The molecule has 1 atom stereocenters. The molecule has 0 saturated carbocycles. The minimum atomic E-state index is -3.81. The zero-order valence-corrected chi connectivity index (χ0v) is 11.7. The Morgan fingerprint density at radius 3 is 2.90 bits per heavy atom. The first kappa shape index (κ1) is 14.9. The average molecular weight is 301 g/mol. The zero-order valence-electron chi connectivity index (χ0n) is 10.8.